The van der Waals surface area contributed by atoms with Crippen LogP contribution in [0.3, 0.4) is 0 Å². The van der Waals surface area contributed by atoms with Crippen LogP contribution >= 0.6 is 12.2 Å². The average Bonchev–Trinajstić information content (AvgIpc) is 2.54. The maximum atomic E-state index is 11.8. The fraction of sp³-hybridized carbons (Fsp3) is 0.500. The summed E-state index contributed by atoms with van der Waals surface area (Å²) in [6.45, 7) is 2.13. The Bertz CT molecular complexity index is 593. The Kier molecular flexibility index (Phi) is 8.70. The second-order valence-corrected chi connectivity index (χ2v) is 5.71. The minimum Gasteiger partial charge on any atom is -0.496 e. The Balaban J connectivity index is 2.52. The van der Waals surface area contributed by atoms with Gasteiger partial charge in [0, 0.05) is 6.42 Å². The first-order valence-corrected chi connectivity index (χ1v) is 8.32. The van der Waals surface area contributed by atoms with Gasteiger partial charge < -0.3 is 15.4 Å². The number of hydrogen-bond donors (Lipinski definition) is 2. The number of methoxy groups -OCH3 is 1. The zero-order chi connectivity index (χ0) is 17.9. The van der Waals surface area contributed by atoms with Gasteiger partial charge in [0.2, 0.25) is 5.91 Å². The van der Waals surface area contributed by atoms with Crippen LogP contribution in [-0.2, 0) is 4.79 Å². The summed E-state index contributed by atoms with van der Waals surface area (Å²) in [6.07, 6.45) is 5.63. The summed E-state index contributed by atoms with van der Waals surface area (Å²) >= 11 is 5.04. The summed E-state index contributed by atoms with van der Waals surface area (Å²) in [5.74, 6) is 0.175. The second-order valence-electron chi connectivity index (χ2n) is 5.31. The Morgan fingerprint density at radius 2 is 2.00 bits per heavy atom. The number of benzene rings is 1. The molecule has 24 heavy (non-hydrogen) atoms. The number of anilines is 1. The molecular formula is C16H23N3O4S. The van der Waals surface area contributed by atoms with Gasteiger partial charge in [-0.3, -0.25) is 14.9 Å². The highest BCUT2D eigenvalue weighted by Gasteiger charge is 2.16. The number of carbonyl (C=O) groups is 1. The van der Waals surface area contributed by atoms with Crippen LogP contribution < -0.4 is 15.4 Å². The number of nitrogens with zero attached hydrogens (tertiary/aromatic N) is 1. The van der Waals surface area contributed by atoms with Gasteiger partial charge in [-0.2, -0.15) is 0 Å². The number of nitro groups is 1. The molecule has 0 heterocycles. The van der Waals surface area contributed by atoms with Crippen LogP contribution in [0.5, 0.6) is 5.75 Å². The summed E-state index contributed by atoms with van der Waals surface area (Å²) in [5.41, 5.74) is 0.0274. The van der Waals surface area contributed by atoms with E-state index in [-0.39, 0.29) is 22.4 Å². The fourth-order valence-corrected chi connectivity index (χ4v) is 2.35. The van der Waals surface area contributed by atoms with Crippen molar-refractivity contribution in [2.45, 2.75) is 45.4 Å². The molecule has 1 amide bonds. The molecule has 0 unspecified atom stereocenters. The maximum absolute atomic E-state index is 11.8. The highest BCUT2D eigenvalue weighted by molar-refractivity contribution is 7.80. The quantitative estimate of drug-likeness (QED) is 0.304. The third-order valence-corrected chi connectivity index (χ3v) is 3.61. The molecule has 0 atom stereocenters. The van der Waals surface area contributed by atoms with Gasteiger partial charge in [-0.05, 0) is 30.8 Å². The molecule has 1 aromatic carbocycles. The number of unbranched alkanes of at least 4 members (excludes halogenated alkanes) is 4. The molecule has 0 aromatic heterocycles. The molecule has 8 heteroatoms. The van der Waals surface area contributed by atoms with E-state index in [1.54, 1.807) is 6.07 Å². The lowest BCUT2D eigenvalue weighted by molar-refractivity contribution is -0.384. The van der Waals surface area contributed by atoms with Crippen LogP contribution in [0.4, 0.5) is 11.4 Å². The van der Waals surface area contributed by atoms with Gasteiger partial charge in [0.05, 0.1) is 18.1 Å². The van der Waals surface area contributed by atoms with E-state index in [1.165, 1.54) is 25.7 Å². The van der Waals surface area contributed by atoms with Crippen molar-refractivity contribution in [3.63, 3.8) is 0 Å². The fourth-order valence-electron chi connectivity index (χ4n) is 2.13. The zero-order valence-electron chi connectivity index (χ0n) is 14.0. The molecular weight excluding hydrogens is 330 g/mol. The highest BCUT2D eigenvalue weighted by Crippen LogP contribution is 2.28. The van der Waals surface area contributed by atoms with Crippen LogP contribution in [-0.4, -0.2) is 23.1 Å². The van der Waals surface area contributed by atoms with Crippen molar-refractivity contribution in [3.05, 3.63) is 28.3 Å². The molecule has 0 fully saturated rings. The summed E-state index contributed by atoms with van der Waals surface area (Å²) in [4.78, 5) is 22.4. The number of rotatable bonds is 9. The molecule has 0 bridgehead atoms. The molecule has 7 nitrogen and oxygen atoms in total. The van der Waals surface area contributed by atoms with E-state index in [9.17, 15) is 14.9 Å². The van der Waals surface area contributed by atoms with Gasteiger partial charge in [0.1, 0.15) is 11.4 Å². The van der Waals surface area contributed by atoms with Gasteiger partial charge in [-0.1, -0.05) is 32.6 Å². The summed E-state index contributed by atoms with van der Waals surface area (Å²) in [5, 5.41) is 16.4. The smallest absolute Gasteiger partial charge is 0.296 e. The van der Waals surface area contributed by atoms with Crippen LogP contribution in [0.2, 0.25) is 0 Å². The van der Waals surface area contributed by atoms with Crippen molar-refractivity contribution in [1.29, 1.82) is 0 Å². The molecule has 0 aliphatic carbocycles. The highest BCUT2D eigenvalue weighted by atomic mass is 32.1. The van der Waals surface area contributed by atoms with Crippen molar-refractivity contribution in [3.8, 4) is 5.75 Å². The number of nitro benzene ring substituents is 1. The lowest BCUT2D eigenvalue weighted by Crippen LogP contribution is -2.34. The Morgan fingerprint density at radius 1 is 1.29 bits per heavy atom. The van der Waals surface area contributed by atoms with Crippen molar-refractivity contribution in [2.24, 2.45) is 0 Å². The second kappa shape index (κ2) is 10.5. The van der Waals surface area contributed by atoms with E-state index in [2.05, 4.69) is 17.6 Å². The average molecular weight is 353 g/mol. The minimum absolute atomic E-state index is 0.0434. The van der Waals surface area contributed by atoms with Gasteiger partial charge >= 0.3 is 0 Å². The number of carbonyl (C=O) groups excluding carboxylic acids is 1. The molecule has 0 saturated carbocycles. The monoisotopic (exact) mass is 353 g/mol. The maximum Gasteiger partial charge on any atom is 0.296 e. The molecule has 132 valence electrons. The summed E-state index contributed by atoms with van der Waals surface area (Å²) in [6, 6.07) is 4.36. The van der Waals surface area contributed by atoms with Crippen molar-refractivity contribution in [1.82, 2.24) is 5.32 Å². The van der Waals surface area contributed by atoms with Gasteiger partial charge in [0.15, 0.2) is 5.11 Å². The summed E-state index contributed by atoms with van der Waals surface area (Å²) in [7, 11) is 1.43. The third kappa shape index (κ3) is 6.91. The van der Waals surface area contributed by atoms with E-state index in [0.29, 0.717) is 12.2 Å². The first-order valence-electron chi connectivity index (χ1n) is 7.91. The topological polar surface area (TPSA) is 93.5 Å². The van der Waals surface area contributed by atoms with Crippen molar-refractivity contribution >= 4 is 34.6 Å². The number of amides is 1. The van der Waals surface area contributed by atoms with Crippen molar-refractivity contribution < 1.29 is 14.5 Å². The standard InChI is InChI=1S/C16H23N3O4S/c1-3-4-5-6-7-8-15(20)18-16(24)17-13-10-9-12(23-2)11-14(13)19(21)22/h9-11H,3-8H2,1-2H3,(H2,17,18,20,24). The SMILES string of the molecule is CCCCCCCC(=O)NC(=S)Nc1ccc(OC)cc1[N+](=O)[O-]. The molecule has 1 rings (SSSR count). The van der Waals surface area contributed by atoms with Gasteiger partial charge in [-0.25, -0.2) is 0 Å². The van der Waals surface area contributed by atoms with Crippen LogP contribution in [0.1, 0.15) is 45.4 Å². The van der Waals surface area contributed by atoms with E-state index in [1.807, 2.05) is 0 Å². The predicted octanol–water partition coefficient (Wildman–Crippen LogP) is 3.78. The lowest BCUT2D eigenvalue weighted by Gasteiger charge is -2.10. The lowest BCUT2D eigenvalue weighted by atomic mass is 10.1. The number of hydrogen-bond acceptors (Lipinski definition) is 5. The minimum atomic E-state index is -0.539. The molecule has 0 aliphatic heterocycles. The van der Waals surface area contributed by atoms with E-state index < -0.39 is 4.92 Å². The molecule has 1 aromatic rings. The van der Waals surface area contributed by atoms with Crippen LogP contribution in [0.15, 0.2) is 18.2 Å². The number of nitrogens with one attached hydrogen (secondary N) is 2. The molecule has 2 N–H and O–H groups in total. The van der Waals surface area contributed by atoms with Gasteiger partial charge in [-0.15, -0.1) is 0 Å². The zero-order valence-corrected chi connectivity index (χ0v) is 14.8. The van der Waals surface area contributed by atoms with E-state index >= 15 is 0 Å². The summed E-state index contributed by atoms with van der Waals surface area (Å²) < 4.78 is 4.97. The predicted molar refractivity (Wildman–Crippen MR) is 97.4 cm³/mol. The van der Waals surface area contributed by atoms with Crippen LogP contribution in [0.25, 0.3) is 0 Å². The Labute approximate surface area is 146 Å². The molecule has 0 radical (unpaired) electrons. The first-order chi connectivity index (χ1) is 11.5. The molecule has 0 aliphatic rings. The van der Waals surface area contributed by atoms with Crippen molar-refractivity contribution in [2.75, 3.05) is 12.4 Å². The molecule has 0 spiro atoms. The van der Waals surface area contributed by atoms with Gasteiger partial charge in [0.25, 0.3) is 5.69 Å². The van der Waals surface area contributed by atoms with Crippen LogP contribution in [0, 0.1) is 10.1 Å². The first kappa shape index (κ1) is 19.8. The van der Waals surface area contributed by atoms with E-state index in [0.717, 1.165) is 25.7 Å². The normalized spacial score (nSPS) is 10.1. The van der Waals surface area contributed by atoms with E-state index in [4.69, 9.17) is 17.0 Å². The largest absolute Gasteiger partial charge is 0.496 e. The number of thiocarbonyl (C=S) groups is 1. The number of ether oxygens (including phenoxy) is 1. The Hall–Kier alpha value is -2.22. The molecule has 0 saturated heterocycles. The third-order valence-electron chi connectivity index (χ3n) is 3.41. The Morgan fingerprint density at radius 3 is 2.62 bits per heavy atom.